The summed E-state index contributed by atoms with van der Waals surface area (Å²) in [5, 5.41) is 0. The van der Waals surface area contributed by atoms with E-state index in [9.17, 15) is 27.2 Å². The van der Waals surface area contributed by atoms with E-state index in [-0.39, 0.29) is 11.3 Å². The molecule has 0 atom stereocenters. The van der Waals surface area contributed by atoms with Gasteiger partial charge in [0, 0.05) is 6.08 Å². The van der Waals surface area contributed by atoms with E-state index in [1.807, 2.05) is 0 Å². The minimum Gasteiger partial charge on any atom is -0.269 e. The highest BCUT2D eigenvalue weighted by atomic mass is 19.4. The molecular weight excluding hydrogens is 326 g/mol. The SMILES string of the molecule is O=C1C=C(c2ccc(F)cc2)C(=O)N1c1cccc(C(F)(F)F)c1. The van der Waals surface area contributed by atoms with Gasteiger partial charge in [-0.25, -0.2) is 9.29 Å². The fraction of sp³-hybridized carbons (Fsp3) is 0.0588. The van der Waals surface area contributed by atoms with Crippen LogP contribution in [0.3, 0.4) is 0 Å². The molecular formula is C17H9F4NO2. The average molecular weight is 335 g/mol. The van der Waals surface area contributed by atoms with Gasteiger partial charge in [-0.05, 0) is 35.9 Å². The van der Waals surface area contributed by atoms with Crippen molar-refractivity contribution in [2.45, 2.75) is 6.18 Å². The maximum Gasteiger partial charge on any atom is 0.416 e. The quantitative estimate of drug-likeness (QED) is 0.618. The normalized spacial score (nSPS) is 15.0. The standard InChI is InChI=1S/C17H9F4NO2/c18-12-6-4-10(5-7-12)14-9-15(23)22(16(14)24)13-3-1-2-11(8-13)17(19,20)21/h1-9H. The van der Waals surface area contributed by atoms with Crippen LogP contribution in [0, 0.1) is 5.82 Å². The zero-order valence-corrected chi connectivity index (χ0v) is 12.0. The first-order chi connectivity index (χ1) is 11.3. The van der Waals surface area contributed by atoms with Crippen LogP contribution < -0.4 is 4.90 Å². The van der Waals surface area contributed by atoms with Crippen molar-refractivity contribution >= 4 is 23.1 Å². The molecule has 122 valence electrons. The van der Waals surface area contributed by atoms with Crippen LogP contribution in [0.1, 0.15) is 11.1 Å². The van der Waals surface area contributed by atoms with Gasteiger partial charge in [-0.1, -0.05) is 18.2 Å². The monoisotopic (exact) mass is 335 g/mol. The van der Waals surface area contributed by atoms with Gasteiger partial charge in [0.2, 0.25) is 0 Å². The number of alkyl halides is 3. The molecule has 3 rings (SSSR count). The van der Waals surface area contributed by atoms with Crippen molar-refractivity contribution in [1.29, 1.82) is 0 Å². The molecule has 1 aliphatic rings. The van der Waals surface area contributed by atoms with E-state index in [0.29, 0.717) is 10.5 Å². The molecule has 2 amide bonds. The number of rotatable bonds is 2. The molecule has 1 heterocycles. The summed E-state index contributed by atoms with van der Waals surface area (Å²) in [5.74, 6) is -2.02. The molecule has 7 heteroatoms. The summed E-state index contributed by atoms with van der Waals surface area (Å²) >= 11 is 0. The van der Waals surface area contributed by atoms with Gasteiger partial charge in [0.05, 0.1) is 16.8 Å². The van der Waals surface area contributed by atoms with Crippen LogP contribution in [0.4, 0.5) is 23.2 Å². The second-order valence-corrected chi connectivity index (χ2v) is 5.09. The Labute approximate surface area is 133 Å². The molecule has 24 heavy (non-hydrogen) atoms. The third kappa shape index (κ3) is 2.80. The minimum atomic E-state index is -4.59. The van der Waals surface area contributed by atoms with Crippen LogP contribution in [-0.4, -0.2) is 11.8 Å². The number of carbonyl (C=O) groups is 2. The van der Waals surface area contributed by atoms with Gasteiger partial charge in [-0.3, -0.25) is 9.59 Å². The number of hydrogen-bond acceptors (Lipinski definition) is 2. The van der Waals surface area contributed by atoms with E-state index >= 15 is 0 Å². The molecule has 0 saturated carbocycles. The Morgan fingerprint density at radius 2 is 1.58 bits per heavy atom. The highest BCUT2D eigenvalue weighted by Crippen LogP contribution is 2.34. The molecule has 0 fully saturated rings. The van der Waals surface area contributed by atoms with E-state index in [0.717, 1.165) is 36.4 Å². The van der Waals surface area contributed by atoms with Gasteiger partial charge in [-0.15, -0.1) is 0 Å². The van der Waals surface area contributed by atoms with Crippen LogP contribution in [-0.2, 0) is 15.8 Å². The molecule has 0 aromatic heterocycles. The second-order valence-electron chi connectivity index (χ2n) is 5.09. The largest absolute Gasteiger partial charge is 0.416 e. The van der Waals surface area contributed by atoms with Gasteiger partial charge in [0.1, 0.15) is 5.82 Å². The van der Waals surface area contributed by atoms with Crippen LogP contribution in [0.2, 0.25) is 0 Å². The lowest BCUT2D eigenvalue weighted by molar-refractivity contribution is -0.137. The maximum atomic E-state index is 13.0. The van der Waals surface area contributed by atoms with Crippen molar-refractivity contribution in [3.05, 3.63) is 71.6 Å². The van der Waals surface area contributed by atoms with Gasteiger partial charge in [-0.2, -0.15) is 13.2 Å². The molecule has 0 radical (unpaired) electrons. The zero-order valence-electron chi connectivity index (χ0n) is 12.0. The van der Waals surface area contributed by atoms with Crippen molar-refractivity contribution in [2.24, 2.45) is 0 Å². The summed E-state index contributed by atoms with van der Waals surface area (Å²) in [5.41, 5.74) is -0.828. The van der Waals surface area contributed by atoms with Crippen LogP contribution in [0.15, 0.2) is 54.6 Å². The van der Waals surface area contributed by atoms with Crippen molar-refractivity contribution < 1.29 is 27.2 Å². The summed E-state index contributed by atoms with van der Waals surface area (Å²) in [6, 6.07) is 8.84. The summed E-state index contributed by atoms with van der Waals surface area (Å²) in [7, 11) is 0. The first-order valence-electron chi connectivity index (χ1n) is 6.81. The number of hydrogen-bond donors (Lipinski definition) is 0. The van der Waals surface area contributed by atoms with Crippen molar-refractivity contribution in [2.75, 3.05) is 4.90 Å². The van der Waals surface area contributed by atoms with E-state index in [4.69, 9.17) is 0 Å². The topological polar surface area (TPSA) is 37.4 Å². The predicted molar refractivity (Wildman–Crippen MR) is 78.3 cm³/mol. The number of benzene rings is 2. The van der Waals surface area contributed by atoms with E-state index in [2.05, 4.69) is 0 Å². The fourth-order valence-electron chi connectivity index (χ4n) is 2.37. The van der Waals surface area contributed by atoms with Crippen LogP contribution >= 0.6 is 0 Å². The van der Waals surface area contributed by atoms with Crippen molar-refractivity contribution in [3.8, 4) is 0 Å². The Balaban J connectivity index is 1.96. The number of halogens is 4. The zero-order chi connectivity index (χ0) is 17.5. The van der Waals surface area contributed by atoms with Crippen molar-refractivity contribution in [3.63, 3.8) is 0 Å². The Bertz CT molecular complexity index is 854. The molecule has 0 spiro atoms. The Kier molecular flexibility index (Phi) is 3.71. The lowest BCUT2D eigenvalue weighted by atomic mass is 10.1. The fourth-order valence-corrected chi connectivity index (χ4v) is 2.37. The van der Waals surface area contributed by atoms with Gasteiger partial charge in [0.15, 0.2) is 0 Å². The molecule has 0 unspecified atom stereocenters. The number of carbonyl (C=O) groups excluding carboxylic acids is 2. The van der Waals surface area contributed by atoms with Gasteiger partial charge < -0.3 is 0 Å². The molecule has 0 saturated heterocycles. The smallest absolute Gasteiger partial charge is 0.269 e. The lowest BCUT2D eigenvalue weighted by Crippen LogP contribution is -2.30. The molecule has 2 aromatic carbocycles. The minimum absolute atomic E-state index is 0.00240. The van der Waals surface area contributed by atoms with Crippen LogP contribution in [0.5, 0.6) is 0 Å². The van der Waals surface area contributed by atoms with E-state index in [1.165, 1.54) is 18.2 Å². The van der Waals surface area contributed by atoms with Crippen molar-refractivity contribution in [1.82, 2.24) is 0 Å². The maximum absolute atomic E-state index is 13.0. The number of nitrogens with zero attached hydrogens (tertiary/aromatic N) is 1. The summed E-state index contributed by atoms with van der Waals surface area (Å²) in [6.45, 7) is 0. The highest BCUT2D eigenvalue weighted by Gasteiger charge is 2.35. The average Bonchev–Trinajstić information content (AvgIpc) is 2.82. The Morgan fingerprint density at radius 3 is 2.21 bits per heavy atom. The number of imide groups is 1. The highest BCUT2D eigenvalue weighted by molar-refractivity contribution is 6.43. The van der Waals surface area contributed by atoms with Gasteiger partial charge >= 0.3 is 6.18 Å². The van der Waals surface area contributed by atoms with E-state index < -0.39 is 29.4 Å². The molecule has 0 aliphatic carbocycles. The third-order valence-electron chi connectivity index (χ3n) is 3.51. The molecule has 3 nitrogen and oxygen atoms in total. The lowest BCUT2D eigenvalue weighted by Gasteiger charge is -2.17. The Hall–Kier alpha value is -2.96. The van der Waals surface area contributed by atoms with Crippen LogP contribution in [0.25, 0.3) is 5.57 Å². The molecule has 0 N–H and O–H groups in total. The molecule has 0 bridgehead atoms. The Morgan fingerprint density at radius 1 is 0.917 bits per heavy atom. The first-order valence-corrected chi connectivity index (χ1v) is 6.81. The predicted octanol–water partition coefficient (Wildman–Crippen LogP) is 3.80. The van der Waals surface area contributed by atoms with Gasteiger partial charge in [0.25, 0.3) is 11.8 Å². The summed E-state index contributed by atoms with van der Waals surface area (Å²) < 4.78 is 51.3. The van der Waals surface area contributed by atoms with E-state index in [1.54, 1.807) is 0 Å². The summed E-state index contributed by atoms with van der Waals surface area (Å²) in [6.07, 6.45) is -3.56. The second kappa shape index (κ2) is 5.59. The number of amides is 2. The molecule has 1 aliphatic heterocycles. The summed E-state index contributed by atoms with van der Waals surface area (Å²) in [4.78, 5) is 25.2. The first kappa shape index (κ1) is 15.9. The third-order valence-corrected chi connectivity index (χ3v) is 3.51. The number of anilines is 1. The molecule has 2 aromatic rings.